The molecule has 1 aliphatic carbocycles. The molecule has 126 valence electrons. The monoisotopic (exact) mass is 316 g/mol. The summed E-state index contributed by atoms with van der Waals surface area (Å²) in [6.45, 7) is 10.5. The Kier molecular flexibility index (Phi) is 5.61. The first-order valence-corrected chi connectivity index (χ1v) is 8.63. The van der Waals surface area contributed by atoms with E-state index in [1.165, 1.54) is 16.7 Å². The van der Waals surface area contributed by atoms with Crippen molar-refractivity contribution in [2.24, 2.45) is 11.8 Å². The van der Waals surface area contributed by atoms with Gasteiger partial charge in [0.2, 0.25) is 0 Å². The van der Waals surface area contributed by atoms with Crippen molar-refractivity contribution >= 4 is 11.8 Å². The Morgan fingerprint density at radius 3 is 2.26 bits per heavy atom. The van der Waals surface area contributed by atoms with Crippen LogP contribution in [0.5, 0.6) is 0 Å². The van der Waals surface area contributed by atoms with Gasteiger partial charge in [0.1, 0.15) is 5.78 Å². The maximum absolute atomic E-state index is 12.9. The molecule has 3 atom stereocenters. The summed E-state index contributed by atoms with van der Waals surface area (Å²) < 4.78 is 5.10. The number of carbonyl (C=O) groups excluding carboxylic acids is 2. The highest BCUT2D eigenvalue weighted by Crippen LogP contribution is 2.37. The molecular weight excluding hydrogens is 288 g/mol. The first-order valence-electron chi connectivity index (χ1n) is 8.63. The lowest BCUT2D eigenvalue weighted by molar-refractivity contribution is -0.147. The summed E-state index contributed by atoms with van der Waals surface area (Å²) in [4.78, 5) is 24.8. The fourth-order valence-corrected chi connectivity index (χ4v) is 4.08. The van der Waals surface area contributed by atoms with Crippen molar-refractivity contribution in [1.29, 1.82) is 0 Å². The molecule has 0 N–H and O–H groups in total. The molecule has 3 heteroatoms. The number of ether oxygens (including phenoxy) is 1. The first-order chi connectivity index (χ1) is 10.8. The van der Waals surface area contributed by atoms with Crippen molar-refractivity contribution in [2.75, 3.05) is 6.61 Å². The summed E-state index contributed by atoms with van der Waals surface area (Å²) in [6, 6.07) is 4.28. The average Bonchev–Trinajstić information content (AvgIpc) is 2.95. The van der Waals surface area contributed by atoms with Crippen molar-refractivity contribution < 1.29 is 14.3 Å². The van der Waals surface area contributed by atoms with Gasteiger partial charge in [-0.05, 0) is 63.6 Å². The lowest BCUT2D eigenvalue weighted by Gasteiger charge is -2.20. The number of carbonyl (C=O) groups is 2. The molecule has 0 aliphatic heterocycles. The van der Waals surface area contributed by atoms with Crippen molar-refractivity contribution in [2.45, 2.75) is 59.8 Å². The standard InChI is InChI=1S/C20H28O3/c1-6-23-20(22)17-8-7-16(11-17)19(21)15(5)18-13(3)9-12(2)10-14(18)4/h9-10,15-17H,6-8,11H2,1-5H3. The predicted molar refractivity (Wildman–Crippen MR) is 91.5 cm³/mol. The zero-order valence-electron chi connectivity index (χ0n) is 14.9. The minimum Gasteiger partial charge on any atom is -0.466 e. The van der Waals surface area contributed by atoms with Crippen molar-refractivity contribution in [3.05, 3.63) is 34.4 Å². The molecule has 3 nitrogen and oxygen atoms in total. The number of Topliss-reactive ketones (excluding diaryl/α,β-unsaturated/α-hetero) is 1. The smallest absolute Gasteiger partial charge is 0.308 e. The zero-order chi connectivity index (χ0) is 17.1. The quantitative estimate of drug-likeness (QED) is 0.762. The average molecular weight is 316 g/mol. The van der Waals surface area contributed by atoms with Crippen LogP contribution in [0, 0.1) is 32.6 Å². The van der Waals surface area contributed by atoms with Gasteiger partial charge in [-0.25, -0.2) is 0 Å². The van der Waals surface area contributed by atoms with Crippen LogP contribution in [0.4, 0.5) is 0 Å². The van der Waals surface area contributed by atoms with E-state index in [0.717, 1.165) is 18.4 Å². The van der Waals surface area contributed by atoms with Crippen LogP contribution in [-0.2, 0) is 14.3 Å². The van der Waals surface area contributed by atoms with Gasteiger partial charge < -0.3 is 4.74 Å². The van der Waals surface area contributed by atoms with Gasteiger partial charge >= 0.3 is 5.97 Å². The molecule has 23 heavy (non-hydrogen) atoms. The Morgan fingerprint density at radius 2 is 1.70 bits per heavy atom. The Labute approximate surface area is 139 Å². The molecule has 1 aliphatic rings. The highest BCUT2D eigenvalue weighted by Gasteiger charge is 2.37. The number of benzene rings is 1. The molecule has 0 radical (unpaired) electrons. The zero-order valence-corrected chi connectivity index (χ0v) is 14.9. The number of rotatable bonds is 5. The first kappa shape index (κ1) is 17.7. The second-order valence-electron chi connectivity index (χ2n) is 6.90. The molecule has 1 saturated carbocycles. The number of ketones is 1. The van der Waals surface area contributed by atoms with Crippen LogP contribution in [0.1, 0.15) is 61.3 Å². The molecule has 1 fully saturated rings. The van der Waals surface area contributed by atoms with Crippen molar-refractivity contribution in [3.63, 3.8) is 0 Å². The fourth-order valence-electron chi connectivity index (χ4n) is 4.08. The predicted octanol–water partition coefficient (Wildman–Crippen LogP) is 4.26. The van der Waals surface area contributed by atoms with Gasteiger partial charge in [0.05, 0.1) is 12.5 Å². The van der Waals surface area contributed by atoms with E-state index in [9.17, 15) is 9.59 Å². The molecule has 2 rings (SSSR count). The van der Waals surface area contributed by atoms with Crippen LogP contribution in [0.25, 0.3) is 0 Å². The summed E-state index contributed by atoms with van der Waals surface area (Å²) in [7, 11) is 0. The Morgan fingerprint density at radius 1 is 1.13 bits per heavy atom. The summed E-state index contributed by atoms with van der Waals surface area (Å²) in [5, 5.41) is 0. The van der Waals surface area contributed by atoms with Crippen molar-refractivity contribution in [1.82, 2.24) is 0 Å². The Balaban J connectivity index is 2.11. The Bertz CT molecular complexity index is 580. The number of esters is 1. The van der Waals surface area contributed by atoms with Crippen LogP contribution in [0.2, 0.25) is 0 Å². The molecule has 1 aromatic rings. The number of hydrogen-bond acceptors (Lipinski definition) is 3. The van der Waals surface area contributed by atoms with Crippen LogP contribution in [0.3, 0.4) is 0 Å². The van der Waals surface area contributed by atoms with Gasteiger partial charge in [0, 0.05) is 11.8 Å². The molecule has 0 heterocycles. The second kappa shape index (κ2) is 7.29. The van der Waals surface area contributed by atoms with Gasteiger partial charge in [-0.15, -0.1) is 0 Å². The molecule has 0 spiro atoms. The van der Waals surface area contributed by atoms with Gasteiger partial charge in [0.15, 0.2) is 0 Å². The van der Waals surface area contributed by atoms with E-state index in [2.05, 4.69) is 32.9 Å². The SMILES string of the molecule is CCOC(=O)C1CCC(C(=O)C(C)c2c(C)cc(C)cc2C)C1. The van der Waals surface area contributed by atoms with Crippen LogP contribution < -0.4 is 0 Å². The number of hydrogen-bond donors (Lipinski definition) is 0. The maximum atomic E-state index is 12.9. The van der Waals surface area contributed by atoms with Gasteiger partial charge in [0.25, 0.3) is 0 Å². The van der Waals surface area contributed by atoms with Crippen LogP contribution >= 0.6 is 0 Å². The summed E-state index contributed by atoms with van der Waals surface area (Å²) in [5.74, 6) is -0.0950. The molecule has 1 aromatic carbocycles. The normalized spacial score (nSPS) is 22.0. The van der Waals surface area contributed by atoms with Crippen LogP contribution in [-0.4, -0.2) is 18.4 Å². The molecule has 0 saturated heterocycles. The largest absolute Gasteiger partial charge is 0.466 e. The minimum absolute atomic E-state index is 0.0143. The van der Waals surface area contributed by atoms with E-state index < -0.39 is 0 Å². The summed E-state index contributed by atoms with van der Waals surface area (Å²) in [5.41, 5.74) is 4.75. The highest BCUT2D eigenvalue weighted by atomic mass is 16.5. The van der Waals surface area contributed by atoms with E-state index in [4.69, 9.17) is 4.74 Å². The van der Waals surface area contributed by atoms with Crippen molar-refractivity contribution in [3.8, 4) is 0 Å². The van der Waals surface area contributed by atoms with E-state index in [1.54, 1.807) is 0 Å². The van der Waals surface area contributed by atoms with Gasteiger partial charge in [-0.1, -0.05) is 24.6 Å². The lowest BCUT2D eigenvalue weighted by atomic mass is 9.83. The topological polar surface area (TPSA) is 43.4 Å². The summed E-state index contributed by atoms with van der Waals surface area (Å²) in [6.07, 6.45) is 2.22. The van der Waals surface area contributed by atoms with E-state index in [0.29, 0.717) is 13.0 Å². The molecule has 0 amide bonds. The van der Waals surface area contributed by atoms with Crippen LogP contribution in [0.15, 0.2) is 12.1 Å². The lowest BCUT2D eigenvalue weighted by Crippen LogP contribution is -2.21. The van der Waals surface area contributed by atoms with Gasteiger partial charge in [-0.2, -0.15) is 0 Å². The molecule has 3 unspecified atom stereocenters. The minimum atomic E-state index is -0.141. The van der Waals surface area contributed by atoms with E-state index >= 15 is 0 Å². The second-order valence-corrected chi connectivity index (χ2v) is 6.90. The molecular formula is C20H28O3. The van der Waals surface area contributed by atoms with Gasteiger partial charge in [-0.3, -0.25) is 9.59 Å². The third-order valence-electron chi connectivity index (χ3n) is 5.05. The van der Waals surface area contributed by atoms with E-state index in [1.807, 2.05) is 13.8 Å². The third-order valence-corrected chi connectivity index (χ3v) is 5.05. The summed E-state index contributed by atoms with van der Waals surface area (Å²) >= 11 is 0. The third kappa shape index (κ3) is 3.82. The van der Waals surface area contributed by atoms with E-state index in [-0.39, 0.29) is 29.5 Å². The maximum Gasteiger partial charge on any atom is 0.308 e. The fraction of sp³-hybridized carbons (Fsp3) is 0.600. The molecule has 0 aromatic heterocycles. The Hall–Kier alpha value is -1.64. The number of aryl methyl sites for hydroxylation is 3. The molecule has 0 bridgehead atoms. The highest BCUT2D eigenvalue weighted by molar-refractivity contribution is 5.89.